The zero-order chi connectivity index (χ0) is 18.0. The summed E-state index contributed by atoms with van der Waals surface area (Å²) in [4.78, 5) is 0. The first-order valence-electron chi connectivity index (χ1n) is 8.12. The Kier molecular flexibility index (Phi) is 4.52. The largest absolute Gasteiger partial charge is 0.494 e. The number of allylic oxidation sites excluding steroid dienone is 1. The molecule has 1 aromatic carbocycles. The fourth-order valence-corrected chi connectivity index (χ4v) is 3.00. The van der Waals surface area contributed by atoms with E-state index in [-0.39, 0.29) is 5.88 Å². The fourth-order valence-electron chi connectivity index (χ4n) is 3.00. The van der Waals surface area contributed by atoms with Gasteiger partial charge in [-0.05, 0) is 26.8 Å². The monoisotopic (exact) mass is 340 g/mol. The molecule has 2 aromatic rings. The zero-order valence-corrected chi connectivity index (χ0v) is 14.4. The molecule has 1 aliphatic rings. The van der Waals surface area contributed by atoms with E-state index in [0.717, 1.165) is 16.8 Å². The lowest BCUT2D eigenvalue weighted by Crippen LogP contribution is -2.21. The molecule has 0 amide bonds. The molecule has 2 heterocycles. The molecule has 1 aliphatic heterocycles. The summed E-state index contributed by atoms with van der Waals surface area (Å²) in [5, 5.41) is 16.7. The van der Waals surface area contributed by atoms with Gasteiger partial charge in [0.2, 0.25) is 11.8 Å². The molecule has 0 radical (unpaired) electrons. The van der Waals surface area contributed by atoms with Gasteiger partial charge < -0.3 is 19.9 Å². The van der Waals surface area contributed by atoms with E-state index in [1.807, 2.05) is 39.0 Å². The van der Waals surface area contributed by atoms with Gasteiger partial charge in [0.1, 0.15) is 23.1 Å². The van der Waals surface area contributed by atoms with Crippen LogP contribution in [-0.2, 0) is 0 Å². The predicted octanol–water partition coefficient (Wildman–Crippen LogP) is 2.73. The van der Waals surface area contributed by atoms with Crippen LogP contribution in [0.15, 0.2) is 29.7 Å². The highest BCUT2D eigenvalue weighted by Crippen LogP contribution is 2.46. The number of nitriles is 1. The molecule has 0 saturated carbocycles. The summed E-state index contributed by atoms with van der Waals surface area (Å²) in [7, 11) is 0. The standard InChI is InChI=1S/C18H20N4O3/c1-4-23-11-6-7-12(14(8-11)24-5-2)16-13(9-19)17(20)25-18-15(16)10(3)21-22-18/h6-8,16H,4-5,20H2,1-3H3,(H,21,22)/t16-/m0/s1. The number of H-pyrrole nitrogens is 1. The normalized spacial score (nSPS) is 16.0. The van der Waals surface area contributed by atoms with Crippen molar-refractivity contribution in [3.63, 3.8) is 0 Å². The summed E-state index contributed by atoms with van der Waals surface area (Å²) in [6, 6.07) is 7.76. The molecule has 0 saturated heterocycles. The number of nitrogens with one attached hydrogen (secondary N) is 1. The molecule has 0 spiro atoms. The van der Waals surface area contributed by atoms with Gasteiger partial charge in [-0.15, -0.1) is 5.10 Å². The SMILES string of the molecule is CCOc1ccc([C@H]2C(C#N)=C(N)Oc3n[nH]c(C)c32)c(OCC)c1. The van der Waals surface area contributed by atoms with E-state index in [4.69, 9.17) is 19.9 Å². The first kappa shape index (κ1) is 16.7. The quantitative estimate of drug-likeness (QED) is 0.867. The summed E-state index contributed by atoms with van der Waals surface area (Å²) >= 11 is 0. The van der Waals surface area contributed by atoms with E-state index < -0.39 is 5.92 Å². The Balaban J connectivity index is 2.19. The maximum Gasteiger partial charge on any atom is 0.244 e. The first-order chi connectivity index (χ1) is 12.1. The van der Waals surface area contributed by atoms with E-state index >= 15 is 0 Å². The van der Waals surface area contributed by atoms with E-state index in [1.165, 1.54) is 0 Å². The van der Waals surface area contributed by atoms with Crippen molar-refractivity contribution in [1.82, 2.24) is 10.2 Å². The van der Waals surface area contributed by atoms with Crippen LogP contribution in [0.4, 0.5) is 0 Å². The third-order valence-corrected chi connectivity index (χ3v) is 4.04. The molecule has 1 atom stereocenters. The van der Waals surface area contributed by atoms with Gasteiger partial charge in [-0.25, -0.2) is 0 Å². The van der Waals surface area contributed by atoms with Crippen LogP contribution in [-0.4, -0.2) is 23.4 Å². The number of hydrogen-bond donors (Lipinski definition) is 2. The third kappa shape index (κ3) is 2.87. The number of nitrogens with zero attached hydrogens (tertiary/aromatic N) is 2. The van der Waals surface area contributed by atoms with Crippen LogP contribution in [0.2, 0.25) is 0 Å². The Bertz CT molecular complexity index is 864. The van der Waals surface area contributed by atoms with Gasteiger partial charge in [0.15, 0.2) is 0 Å². The van der Waals surface area contributed by atoms with Gasteiger partial charge in [0.05, 0.1) is 19.1 Å². The third-order valence-electron chi connectivity index (χ3n) is 4.04. The van der Waals surface area contributed by atoms with E-state index in [0.29, 0.717) is 36.2 Å². The van der Waals surface area contributed by atoms with Crippen LogP contribution >= 0.6 is 0 Å². The molecule has 7 heteroatoms. The first-order valence-corrected chi connectivity index (χ1v) is 8.12. The summed E-state index contributed by atoms with van der Waals surface area (Å²) in [6.45, 7) is 6.76. The van der Waals surface area contributed by atoms with Gasteiger partial charge in [-0.3, -0.25) is 5.10 Å². The number of benzene rings is 1. The second kappa shape index (κ2) is 6.77. The minimum atomic E-state index is -0.412. The predicted molar refractivity (Wildman–Crippen MR) is 91.4 cm³/mol. The molecule has 7 nitrogen and oxygen atoms in total. The number of aromatic amines is 1. The lowest BCUT2D eigenvalue weighted by atomic mass is 9.83. The van der Waals surface area contributed by atoms with Crippen LogP contribution < -0.4 is 19.9 Å². The second-order valence-electron chi connectivity index (χ2n) is 5.56. The number of hydrogen-bond acceptors (Lipinski definition) is 6. The highest BCUT2D eigenvalue weighted by atomic mass is 16.5. The summed E-state index contributed by atoms with van der Waals surface area (Å²) < 4.78 is 16.9. The van der Waals surface area contributed by atoms with Crippen LogP contribution in [0.1, 0.15) is 36.6 Å². The number of nitrogens with two attached hydrogens (primary N) is 1. The lowest BCUT2D eigenvalue weighted by Gasteiger charge is -2.25. The number of fused-ring (bicyclic) bond motifs is 1. The molecular weight excluding hydrogens is 320 g/mol. The molecular formula is C18H20N4O3. The van der Waals surface area contributed by atoms with Crippen molar-refractivity contribution in [2.45, 2.75) is 26.7 Å². The zero-order valence-electron chi connectivity index (χ0n) is 14.4. The maximum atomic E-state index is 9.64. The molecule has 130 valence electrons. The second-order valence-corrected chi connectivity index (χ2v) is 5.56. The summed E-state index contributed by atoms with van der Waals surface area (Å²) in [5.74, 6) is 1.39. The minimum Gasteiger partial charge on any atom is -0.494 e. The molecule has 0 fully saturated rings. The van der Waals surface area contributed by atoms with Crippen molar-refractivity contribution in [3.05, 3.63) is 46.5 Å². The van der Waals surface area contributed by atoms with Crippen LogP contribution in [0.5, 0.6) is 17.4 Å². The highest BCUT2D eigenvalue weighted by Gasteiger charge is 2.35. The van der Waals surface area contributed by atoms with Crippen LogP contribution in [0.25, 0.3) is 0 Å². The average molecular weight is 340 g/mol. The lowest BCUT2D eigenvalue weighted by molar-refractivity contribution is 0.319. The fraction of sp³-hybridized carbons (Fsp3) is 0.333. The topological polar surface area (TPSA) is 106 Å². The summed E-state index contributed by atoms with van der Waals surface area (Å²) in [5.41, 5.74) is 8.72. The Hall–Kier alpha value is -3.14. The number of rotatable bonds is 5. The molecule has 0 unspecified atom stereocenters. The Labute approximate surface area is 146 Å². The van der Waals surface area contributed by atoms with Crippen molar-refractivity contribution in [1.29, 1.82) is 5.26 Å². The number of aromatic nitrogens is 2. The smallest absolute Gasteiger partial charge is 0.244 e. The molecule has 1 aromatic heterocycles. The Morgan fingerprint density at radius 1 is 1.32 bits per heavy atom. The number of aryl methyl sites for hydroxylation is 1. The van der Waals surface area contributed by atoms with Crippen LogP contribution in [0.3, 0.4) is 0 Å². The van der Waals surface area contributed by atoms with Gasteiger partial charge in [-0.1, -0.05) is 6.07 Å². The minimum absolute atomic E-state index is 0.0582. The Morgan fingerprint density at radius 3 is 2.76 bits per heavy atom. The molecule has 3 N–H and O–H groups in total. The maximum absolute atomic E-state index is 9.64. The van der Waals surface area contributed by atoms with Crippen molar-refractivity contribution in [3.8, 4) is 23.4 Å². The van der Waals surface area contributed by atoms with Gasteiger partial charge in [-0.2, -0.15) is 5.26 Å². The van der Waals surface area contributed by atoms with E-state index in [1.54, 1.807) is 0 Å². The molecule has 0 bridgehead atoms. The van der Waals surface area contributed by atoms with E-state index in [2.05, 4.69) is 16.3 Å². The van der Waals surface area contributed by atoms with Crippen molar-refractivity contribution < 1.29 is 14.2 Å². The van der Waals surface area contributed by atoms with Crippen molar-refractivity contribution in [2.24, 2.45) is 5.73 Å². The van der Waals surface area contributed by atoms with Gasteiger partial charge in [0, 0.05) is 22.9 Å². The van der Waals surface area contributed by atoms with Gasteiger partial charge >= 0.3 is 0 Å². The molecule has 3 rings (SSSR count). The van der Waals surface area contributed by atoms with Gasteiger partial charge in [0.25, 0.3) is 0 Å². The number of ether oxygens (including phenoxy) is 3. The van der Waals surface area contributed by atoms with Crippen LogP contribution in [0, 0.1) is 18.3 Å². The molecule has 0 aliphatic carbocycles. The van der Waals surface area contributed by atoms with Crippen molar-refractivity contribution >= 4 is 0 Å². The molecule has 25 heavy (non-hydrogen) atoms. The summed E-state index contributed by atoms with van der Waals surface area (Å²) in [6.07, 6.45) is 0. The highest BCUT2D eigenvalue weighted by molar-refractivity contribution is 5.59. The Morgan fingerprint density at radius 2 is 2.08 bits per heavy atom. The van der Waals surface area contributed by atoms with E-state index in [9.17, 15) is 5.26 Å². The van der Waals surface area contributed by atoms with Crippen molar-refractivity contribution in [2.75, 3.05) is 13.2 Å². The average Bonchev–Trinajstić information content (AvgIpc) is 2.95.